The largest absolute Gasteiger partial charge is 0.388 e. The molecule has 30 heavy (non-hydrogen) atoms. The smallest absolute Gasteiger partial charge is 0.151 e. The van der Waals surface area contributed by atoms with E-state index in [1.807, 2.05) is 0 Å². The average Bonchev–Trinajstić information content (AvgIpc) is 2.76. The van der Waals surface area contributed by atoms with Crippen molar-refractivity contribution in [3.05, 3.63) is 0 Å². The third kappa shape index (κ3) is 17.2. The maximum atomic E-state index is 10.4. The molecule has 0 spiro atoms. The molecular formula is C24H48O6. The number of hydrogen-bond donors (Lipinski definition) is 4. The van der Waals surface area contributed by atoms with Crippen LogP contribution in [-0.2, 0) is 9.53 Å². The number of hydrogen-bond acceptors (Lipinski definition) is 6. The minimum absolute atomic E-state index is 0.123. The summed E-state index contributed by atoms with van der Waals surface area (Å²) in [5.41, 5.74) is 0. The summed E-state index contributed by atoms with van der Waals surface area (Å²) < 4.78 is 5.31. The summed E-state index contributed by atoms with van der Waals surface area (Å²) >= 11 is 0. The zero-order valence-corrected chi connectivity index (χ0v) is 19.2. The summed E-state index contributed by atoms with van der Waals surface area (Å²) in [4.78, 5) is 10.4. The van der Waals surface area contributed by atoms with E-state index in [2.05, 4.69) is 6.92 Å². The Labute approximate surface area is 184 Å². The van der Waals surface area contributed by atoms with Crippen LogP contribution >= 0.6 is 0 Å². The molecule has 0 aromatic heterocycles. The molecule has 0 unspecified atom stereocenters. The lowest BCUT2D eigenvalue weighted by atomic mass is 10.0. The lowest BCUT2D eigenvalue weighted by molar-refractivity contribution is -0.138. The number of aliphatic hydroxyl groups excluding tert-OH is 4. The van der Waals surface area contributed by atoms with Gasteiger partial charge >= 0.3 is 0 Å². The highest BCUT2D eigenvalue weighted by Gasteiger charge is 2.30. The van der Waals surface area contributed by atoms with Gasteiger partial charge in [0.05, 0.1) is 6.61 Å². The second-order valence-electron chi connectivity index (χ2n) is 8.55. The van der Waals surface area contributed by atoms with Gasteiger partial charge in [-0.3, -0.25) is 0 Å². The van der Waals surface area contributed by atoms with E-state index < -0.39 is 24.4 Å². The molecule has 0 saturated carbocycles. The van der Waals surface area contributed by atoms with Crippen molar-refractivity contribution >= 4 is 6.29 Å². The van der Waals surface area contributed by atoms with Crippen LogP contribution in [-0.4, -0.2) is 64.3 Å². The van der Waals surface area contributed by atoms with Crippen molar-refractivity contribution in [1.82, 2.24) is 0 Å². The van der Waals surface area contributed by atoms with Gasteiger partial charge in [0.1, 0.15) is 24.4 Å². The van der Waals surface area contributed by atoms with Crippen LogP contribution in [0.3, 0.4) is 0 Å². The maximum absolute atomic E-state index is 10.4. The third-order valence-electron chi connectivity index (χ3n) is 5.66. The van der Waals surface area contributed by atoms with E-state index >= 15 is 0 Å². The van der Waals surface area contributed by atoms with Crippen LogP contribution < -0.4 is 0 Å². The number of ether oxygens (including phenoxy) is 1. The second-order valence-corrected chi connectivity index (χ2v) is 8.55. The van der Waals surface area contributed by atoms with Crippen molar-refractivity contribution < 1.29 is 30.0 Å². The highest BCUT2D eigenvalue weighted by molar-refractivity contribution is 5.56. The Morgan fingerprint density at radius 2 is 1.03 bits per heavy atom. The Morgan fingerprint density at radius 3 is 1.43 bits per heavy atom. The predicted molar refractivity (Wildman–Crippen MR) is 120 cm³/mol. The Hall–Kier alpha value is -0.530. The lowest BCUT2D eigenvalue weighted by Crippen LogP contribution is -2.46. The highest BCUT2D eigenvalue weighted by atomic mass is 16.5. The van der Waals surface area contributed by atoms with E-state index in [-0.39, 0.29) is 12.9 Å². The second kappa shape index (κ2) is 21.7. The van der Waals surface area contributed by atoms with E-state index in [0.29, 0.717) is 6.61 Å². The number of aliphatic hydroxyl groups is 4. The van der Waals surface area contributed by atoms with Crippen LogP contribution in [0.5, 0.6) is 0 Å². The summed E-state index contributed by atoms with van der Waals surface area (Å²) in [6.07, 6.45) is 14.6. The zero-order chi connectivity index (χ0) is 22.5. The van der Waals surface area contributed by atoms with Gasteiger partial charge in [0.2, 0.25) is 0 Å². The van der Waals surface area contributed by atoms with Crippen LogP contribution in [0.25, 0.3) is 0 Å². The van der Waals surface area contributed by atoms with E-state index in [1.165, 1.54) is 89.9 Å². The molecule has 0 aliphatic carbocycles. The molecule has 6 nitrogen and oxygen atoms in total. The molecule has 180 valence electrons. The van der Waals surface area contributed by atoms with Gasteiger partial charge in [-0.1, -0.05) is 103 Å². The van der Waals surface area contributed by atoms with Crippen molar-refractivity contribution in [2.24, 2.45) is 0 Å². The fraction of sp³-hybridized carbons (Fsp3) is 0.958. The summed E-state index contributed by atoms with van der Waals surface area (Å²) in [6.45, 7) is 2.61. The predicted octanol–water partition coefficient (Wildman–Crippen LogP) is 3.91. The summed E-state index contributed by atoms with van der Waals surface area (Å²) in [6, 6.07) is 0. The SMILES string of the molecule is CCCCCCCCCCCCCCCCCCOC[C@@H](O)[C@@H](O)[C@H](O)[C@@H](O)C=O. The van der Waals surface area contributed by atoms with Crippen molar-refractivity contribution in [1.29, 1.82) is 0 Å². The third-order valence-corrected chi connectivity index (χ3v) is 5.66. The first-order valence-electron chi connectivity index (χ1n) is 12.3. The number of carbonyl (C=O) groups excluding carboxylic acids is 1. The number of aldehydes is 1. The van der Waals surface area contributed by atoms with E-state index in [1.54, 1.807) is 0 Å². The standard InChI is InChI=1S/C24H48O6/c1-2-3-4-5-6-7-8-9-10-11-12-13-14-15-16-17-18-30-20-22(27)24(29)23(28)21(26)19-25/h19,21-24,26-29H,2-18,20H2,1H3/t21-,22+,23+,24+/m0/s1. The van der Waals surface area contributed by atoms with E-state index in [9.17, 15) is 20.1 Å². The molecule has 0 rings (SSSR count). The first-order valence-corrected chi connectivity index (χ1v) is 12.3. The molecule has 0 radical (unpaired) electrons. The molecule has 0 aliphatic heterocycles. The zero-order valence-electron chi connectivity index (χ0n) is 19.2. The van der Waals surface area contributed by atoms with Crippen molar-refractivity contribution in [3.8, 4) is 0 Å². The summed E-state index contributed by atoms with van der Waals surface area (Å²) in [5.74, 6) is 0. The van der Waals surface area contributed by atoms with Crippen molar-refractivity contribution in [2.75, 3.05) is 13.2 Å². The molecule has 6 heteroatoms. The molecular weight excluding hydrogens is 384 g/mol. The monoisotopic (exact) mass is 432 g/mol. The molecule has 0 saturated heterocycles. The van der Waals surface area contributed by atoms with Gasteiger partial charge in [-0.15, -0.1) is 0 Å². The molecule has 0 fully saturated rings. The van der Waals surface area contributed by atoms with Crippen LogP contribution in [0, 0.1) is 0 Å². The lowest BCUT2D eigenvalue weighted by Gasteiger charge is -2.23. The molecule has 0 heterocycles. The first-order chi connectivity index (χ1) is 14.5. The minimum Gasteiger partial charge on any atom is -0.388 e. The van der Waals surface area contributed by atoms with Gasteiger partial charge < -0.3 is 30.0 Å². The highest BCUT2D eigenvalue weighted by Crippen LogP contribution is 2.13. The normalized spacial score (nSPS) is 15.6. The number of rotatable bonds is 23. The molecule has 0 amide bonds. The van der Waals surface area contributed by atoms with Gasteiger partial charge in [-0.25, -0.2) is 0 Å². The summed E-state index contributed by atoms with van der Waals surface area (Å²) in [7, 11) is 0. The van der Waals surface area contributed by atoms with E-state index in [0.717, 1.165) is 12.8 Å². The first kappa shape index (κ1) is 29.5. The van der Waals surface area contributed by atoms with Crippen LogP contribution in [0.2, 0.25) is 0 Å². The van der Waals surface area contributed by atoms with Crippen molar-refractivity contribution in [2.45, 2.75) is 134 Å². The van der Waals surface area contributed by atoms with Crippen LogP contribution in [0.15, 0.2) is 0 Å². The molecule has 0 bridgehead atoms. The van der Waals surface area contributed by atoms with Gasteiger partial charge in [0, 0.05) is 6.61 Å². The Balaban J connectivity index is 3.30. The molecule has 4 atom stereocenters. The molecule has 0 aromatic carbocycles. The van der Waals surface area contributed by atoms with Gasteiger partial charge in [-0.05, 0) is 6.42 Å². The number of unbranched alkanes of at least 4 members (excludes halogenated alkanes) is 15. The van der Waals surface area contributed by atoms with Gasteiger partial charge in [0.15, 0.2) is 6.29 Å². The van der Waals surface area contributed by atoms with Gasteiger partial charge in [-0.2, -0.15) is 0 Å². The quantitative estimate of drug-likeness (QED) is 0.144. The van der Waals surface area contributed by atoms with E-state index in [4.69, 9.17) is 9.84 Å². The fourth-order valence-electron chi connectivity index (χ4n) is 3.57. The van der Waals surface area contributed by atoms with Crippen LogP contribution in [0.1, 0.15) is 110 Å². The molecule has 4 N–H and O–H groups in total. The number of carbonyl (C=O) groups is 1. The Bertz CT molecular complexity index is 366. The fourth-order valence-corrected chi connectivity index (χ4v) is 3.57. The van der Waals surface area contributed by atoms with Crippen molar-refractivity contribution in [3.63, 3.8) is 0 Å². The minimum atomic E-state index is -1.71. The summed E-state index contributed by atoms with van der Waals surface area (Å²) in [5, 5.41) is 37.9. The Kier molecular flexibility index (Phi) is 21.3. The molecule has 0 aromatic rings. The Morgan fingerprint density at radius 1 is 0.633 bits per heavy atom. The maximum Gasteiger partial charge on any atom is 0.151 e. The van der Waals surface area contributed by atoms with Crippen LogP contribution in [0.4, 0.5) is 0 Å². The average molecular weight is 433 g/mol. The molecule has 0 aliphatic rings. The topological polar surface area (TPSA) is 107 Å². The van der Waals surface area contributed by atoms with Gasteiger partial charge in [0.25, 0.3) is 0 Å².